The topological polar surface area (TPSA) is 115 Å². The Balaban J connectivity index is -0.0000000806. The van der Waals surface area contributed by atoms with Crippen molar-refractivity contribution in [1.82, 2.24) is 4.90 Å². The molecule has 0 unspecified atom stereocenters. The Bertz CT molecular complexity index is 444. The highest BCUT2D eigenvalue weighted by molar-refractivity contribution is 5.86. The van der Waals surface area contributed by atoms with Crippen LogP contribution in [0.2, 0.25) is 0 Å². The first-order chi connectivity index (χ1) is 11.8. The summed E-state index contributed by atoms with van der Waals surface area (Å²) in [5.41, 5.74) is 0.826. The predicted octanol–water partition coefficient (Wildman–Crippen LogP) is 4.10. The van der Waals surface area contributed by atoms with Crippen LogP contribution in [-0.2, 0) is 14.4 Å². The van der Waals surface area contributed by atoms with E-state index in [-0.39, 0.29) is 23.6 Å². The third kappa shape index (κ3) is 40.1. The third-order valence-corrected chi connectivity index (χ3v) is 2.31. The molecule has 0 aliphatic carbocycles. The van der Waals surface area contributed by atoms with E-state index in [2.05, 4.69) is 19.7 Å². The molecule has 0 saturated carbocycles. The van der Waals surface area contributed by atoms with E-state index in [0.717, 1.165) is 6.42 Å². The molecule has 0 saturated heterocycles. The normalized spacial score (nSPS) is 8.11. The van der Waals surface area contributed by atoms with E-state index in [4.69, 9.17) is 15.3 Å². The Hall–Kier alpha value is -2.12. The average molecular weight is 410 g/mol. The molecule has 0 fully saturated rings. The van der Waals surface area contributed by atoms with Crippen molar-refractivity contribution in [2.24, 2.45) is 0 Å². The molecule has 0 aromatic carbocycles. The average Bonchev–Trinajstić information content (AvgIpc) is 2.53. The minimum absolute atomic E-state index is 0. The molecular weight excluding hydrogens is 374 g/mol. The van der Waals surface area contributed by atoms with Crippen molar-refractivity contribution in [3.05, 3.63) is 36.5 Å². The van der Waals surface area contributed by atoms with Gasteiger partial charge in [0.15, 0.2) is 0 Å². The maximum absolute atomic E-state index is 9.99. The summed E-state index contributed by atoms with van der Waals surface area (Å²) in [7, 11) is 6.00. The molecule has 3 N–H and O–H groups in total. The van der Waals surface area contributed by atoms with Crippen molar-refractivity contribution in [1.29, 1.82) is 0 Å². The predicted molar refractivity (Wildman–Crippen MR) is 113 cm³/mol. The smallest absolute Gasteiger partial charge is 0.330 e. The fraction of sp³-hybridized carbons (Fsp3) is 0.526. The van der Waals surface area contributed by atoms with E-state index in [1.165, 1.54) is 0 Å². The number of carboxylic acids is 3. The van der Waals surface area contributed by atoms with E-state index in [9.17, 15) is 14.4 Å². The first-order valence-electron chi connectivity index (χ1n) is 8.12. The molecule has 27 heavy (non-hydrogen) atoms. The lowest BCUT2D eigenvalue weighted by Gasteiger charge is -1.92. The van der Waals surface area contributed by atoms with Crippen LogP contribution in [0.15, 0.2) is 36.5 Å². The number of rotatable bonds is 7. The second-order valence-corrected chi connectivity index (χ2v) is 5.52. The van der Waals surface area contributed by atoms with Gasteiger partial charge in [-0.25, -0.2) is 14.4 Å². The number of carbonyl (C=O) groups is 3. The van der Waals surface area contributed by atoms with Crippen LogP contribution in [0.3, 0.4) is 0 Å². The monoisotopic (exact) mass is 409 g/mol. The van der Waals surface area contributed by atoms with E-state index in [0.29, 0.717) is 24.8 Å². The van der Waals surface area contributed by atoms with Crippen LogP contribution in [0.4, 0.5) is 0 Å². The molecule has 0 rings (SSSR count). The Morgan fingerprint density at radius 3 is 0.963 bits per heavy atom. The highest BCUT2D eigenvalue weighted by Gasteiger charge is 1.99. The molecule has 160 valence electrons. The molecule has 0 aliphatic heterocycles. The summed E-state index contributed by atoms with van der Waals surface area (Å²) in [5.74, 6) is -2.68. The summed E-state index contributed by atoms with van der Waals surface area (Å²) in [6, 6.07) is 0. The van der Waals surface area contributed by atoms with Gasteiger partial charge in [-0.2, -0.15) is 0 Å². The molecule has 0 atom stereocenters. The Kier molecular flexibility index (Phi) is 31.8. The molecule has 0 aliphatic rings. The first kappa shape index (κ1) is 35.9. The van der Waals surface area contributed by atoms with Crippen molar-refractivity contribution >= 4 is 30.3 Å². The lowest BCUT2D eigenvalue weighted by Crippen LogP contribution is -1.99. The van der Waals surface area contributed by atoms with Crippen LogP contribution in [0.25, 0.3) is 0 Å². The van der Waals surface area contributed by atoms with E-state index in [1.807, 2.05) is 33.0 Å². The second kappa shape index (κ2) is 23.9. The van der Waals surface area contributed by atoms with Crippen LogP contribution in [0.1, 0.15) is 46.5 Å². The quantitative estimate of drug-likeness (QED) is 0.542. The van der Waals surface area contributed by atoms with Gasteiger partial charge in [-0.1, -0.05) is 46.9 Å². The van der Waals surface area contributed by atoms with Gasteiger partial charge < -0.3 is 20.2 Å². The fourth-order valence-electron chi connectivity index (χ4n) is 0.711. The molecule has 0 bridgehead atoms. The van der Waals surface area contributed by atoms with Crippen LogP contribution in [0.5, 0.6) is 0 Å². The molecule has 0 spiro atoms. The SMILES string of the molecule is C=C(CC)C(=O)O.C=C(CC)C(=O)O.C=C(CCC)C(=O)O.CN(C)C.Cl. The van der Waals surface area contributed by atoms with Crippen molar-refractivity contribution in [2.75, 3.05) is 21.1 Å². The van der Waals surface area contributed by atoms with Gasteiger partial charge >= 0.3 is 17.9 Å². The van der Waals surface area contributed by atoms with E-state index in [1.54, 1.807) is 13.8 Å². The van der Waals surface area contributed by atoms with E-state index >= 15 is 0 Å². The zero-order valence-corrected chi connectivity index (χ0v) is 18.2. The lowest BCUT2D eigenvalue weighted by molar-refractivity contribution is -0.133. The van der Waals surface area contributed by atoms with Crippen LogP contribution in [0, 0.1) is 0 Å². The van der Waals surface area contributed by atoms with Gasteiger partial charge in [-0.15, -0.1) is 12.4 Å². The fourth-order valence-corrected chi connectivity index (χ4v) is 0.711. The molecule has 0 amide bonds. The maximum Gasteiger partial charge on any atom is 0.330 e. The molecule has 0 radical (unpaired) electrons. The number of halogens is 1. The van der Waals surface area contributed by atoms with Crippen LogP contribution in [-0.4, -0.2) is 59.3 Å². The second-order valence-electron chi connectivity index (χ2n) is 5.52. The molecule has 8 heteroatoms. The zero-order chi connectivity index (χ0) is 21.9. The van der Waals surface area contributed by atoms with Gasteiger partial charge in [0, 0.05) is 16.7 Å². The standard InChI is InChI=1S/C6H10O2.2C5H8O2.C3H9N.ClH/c1-3-4-5(2)6(7)8;2*1-3-4(2)5(6)7;1-4(2)3;/h2-4H2,1H3,(H,7,8);2*2-3H2,1H3,(H,6,7);1-3H3;1H. The van der Waals surface area contributed by atoms with Gasteiger partial charge in [0.25, 0.3) is 0 Å². The number of aliphatic carboxylic acids is 3. The highest BCUT2D eigenvalue weighted by Crippen LogP contribution is 1.99. The summed E-state index contributed by atoms with van der Waals surface area (Å²) in [5, 5.41) is 24.4. The number of hydrogen-bond donors (Lipinski definition) is 3. The Morgan fingerprint density at radius 2 is 0.926 bits per heavy atom. The van der Waals surface area contributed by atoms with Crippen molar-refractivity contribution in [2.45, 2.75) is 46.5 Å². The summed E-state index contributed by atoms with van der Waals surface area (Å²) >= 11 is 0. The van der Waals surface area contributed by atoms with Crippen molar-refractivity contribution in [3.63, 3.8) is 0 Å². The minimum Gasteiger partial charge on any atom is -0.478 e. The molecular formula is C19H36ClNO6. The van der Waals surface area contributed by atoms with Gasteiger partial charge in [0.2, 0.25) is 0 Å². The minimum atomic E-state index is -0.900. The molecule has 0 heterocycles. The van der Waals surface area contributed by atoms with E-state index < -0.39 is 17.9 Å². The van der Waals surface area contributed by atoms with Crippen LogP contribution >= 0.6 is 12.4 Å². The largest absolute Gasteiger partial charge is 0.478 e. The van der Waals surface area contributed by atoms with Crippen LogP contribution < -0.4 is 0 Å². The van der Waals surface area contributed by atoms with Crippen molar-refractivity contribution < 1.29 is 29.7 Å². The first-order valence-corrected chi connectivity index (χ1v) is 8.12. The zero-order valence-electron chi connectivity index (χ0n) is 17.4. The van der Waals surface area contributed by atoms with Gasteiger partial charge in [-0.05, 0) is 40.4 Å². The molecule has 0 aromatic heterocycles. The number of hydrogen-bond acceptors (Lipinski definition) is 4. The van der Waals surface area contributed by atoms with Crippen molar-refractivity contribution in [3.8, 4) is 0 Å². The Morgan fingerprint density at radius 1 is 0.704 bits per heavy atom. The highest BCUT2D eigenvalue weighted by atomic mass is 35.5. The maximum atomic E-state index is 9.99. The number of nitrogens with zero attached hydrogens (tertiary/aromatic N) is 1. The number of carboxylic acid groups (broad SMARTS) is 3. The molecule has 0 aromatic rings. The lowest BCUT2D eigenvalue weighted by atomic mass is 10.2. The van der Waals surface area contributed by atoms with Gasteiger partial charge in [0.05, 0.1) is 0 Å². The third-order valence-electron chi connectivity index (χ3n) is 2.31. The summed E-state index contributed by atoms with van der Waals surface area (Å²) < 4.78 is 0. The Labute approximate surface area is 169 Å². The van der Waals surface area contributed by atoms with Gasteiger partial charge in [-0.3, -0.25) is 0 Å². The van der Waals surface area contributed by atoms with Gasteiger partial charge in [0.1, 0.15) is 0 Å². The molecule has 7 nitrogen and oxygen atoms in total. The summed E-state index contributed by atoms with van der Waals surface area (Å²) in [6.07, 6.45) is 2.49. The summed E-state index contributed by atoms with van der Waals surface area (Å²) in [4.78, 5) is 31.7. The summed E-state index contributed by atoms with van der Waals surface area (Å²) in [6.45, 7) is 15.3.